The van der Waals surface area contributed by atoms with Crippen LogP contribution in [0.15, 0.2) is 12.1 Å². The maximum Gasteiger partial charge on any atom is 0.145 e. The third kappa shape index (κ3) is 4.65. The molecule has 0 atom stereocenters. The highest BCUT2D eigenvalue weighted by atomic mass is 16.5. The summed E-state index contributed by atoms with van der Waals surface area (Å²) in [4.78, 5) is 0. The summed E-state index contributed by atoms with van der Waals surface area (Å²) in [5.74, 6) is 1.34. The Morgan fingerprint density at radius 2 is 1.88 bits per heavy atom. The van der Waals surface area contributed by atoms with Gasteiger partial charge in [-0.05, 0) is 37.0 Å². The molecule has 0 radical (unpaired) electrons. The fraction of sp³-hybridized carbons (Fsp3) is 0.571. The van der Waals surface area contributed by atoms with Crippen molar-refractivity contribution in [1.29, 1.82) is 0 Å². The zero-order valence-corrected chi connectivity index (χ0v) is 11.2. The average molecular weight is 237 g/mol. The van der Waals surface area contributed by atoms with E-state index in [1.54, 1.807) is 0 Å². The molecule has 0 unspecified atom stereocenters. The Morgan fingerprint density at radius 3 is 2.47 bits per heavy atom. The van der Waals surface area contributed by atoms with Gasteiger partial charge in [0.25, 0.3) is 0 Å². The standard InChI is InChI=1S/C14H23NO2/c1-10(2)9-16-5-6-17-14-12(4)7-11(3)8-13(14)15/h7-8,10H,5-6,9,15H2,1-4H3. The number of rotatable bonds is 6. The van der Waals surface area contributed by atoms with E-state index in [1.165, 1.54) is 0 Å². The van der Waals surface area contributed by atoms with Crippen LogP contribution in [-0.4, -0.2) is 19.8 Å². The van der Waals surface area contributed by atoms with Crippen molar-refractivity contribution in [3.05, 3.63) is 23.3 Å². The molecule has 17 heavy (non-hydrogen) atoms. The van der Waals surface area contributed by atoms with Crippen LogP contribution in [0.25, 0.3) is 0 Å². The van der Waals surface area contributed by atoms with Crippen molar-refractivity contribution in [2.75, 3.05) is 25.6 Å². The van der Waals surface area contributed by atoms with Gasteiger partial charge in [-0.15, -0.1) is 0 Å². The lowest BCUT2D eigenvalue weighted by Gasteiger charge is -2.13. The zero-order valence-electron chi connectivity index (χ0n) is 11.2. The summed E-state index contributed by atoms with van der Waals surface area (Å²) in [6.07, 6.45) is 0. The molecule has 1 aromatic carbocycles. The number of aryl methyl sites for hydroxylation is 2. The first-order chi connectivity index (χ1) is 8.00. The van der Waals surface area contributed by atoms with Gasteiger partial charge in [-0.25, -0.2) is 0 Å². The third-order valence-electron chi connectivity index (χ3n) is 2.37. The largest absolute Gasteiger partial charge is 0.489 e. The second-order valence-corrected chi connectivity index (χ2v) is 4.82. The Hall–Kier alpha value is -1.22. The number of hydrogen-bond acceptors (Lipinski definition) is 3. The van der Waals surface area contributed by atoms with Crippen LogP contribution in [0.5, 0.6) is 5.75 Å². The van der Waals surface area contributed by atoms with Crippen LogP contribution in [-0.2, 0) is 4.74 Å². The fourth-order valence-electron chi connectivity index (χ4n) is 1.71. The number of ether oxygens (including phenoxy) is 2. The Bertz CT molecular complexity index is 338. The van der Waals surface area contributed by atoms with E-state index in [1.807, 2.05) is 19.9 Å². The maximum atomic E-state index is 5.92. The van der Waals surface area contributed by atoms with Gasteiger partial charge in [0.1, 0.15) is 12.4 Å². The number of benzene rings is 1. The highest BCUT2D eigenvalue weighted by Gasteiger charge is 2.05. The predicted octanol–water partition coefficient (Wildman–Crippen LogP) is 2.94. The van der Waals surface area contributed by atoms with E-state index in [-0.39, 0.29) is 0 Å². The molecule has 0 saturated carbocycles. The molecule has 0 aromatic heterocycles. The van der Waals surface area contributed by atoms with E-state index in [2.05, 4.69) is 19.9 Å². The minimum Gasteiger partial charge on any atom is -0.489 e. The summed E-state index contributed by atoms with van der Waals surface area (Å²) in [6, 6.07) is 4.00. The molecule has 2 N–H and O–H groups in total. The summed E-state index contributed by atoms with van der Waals surface area (Å²) < 4.78 is 11.1. The highest BCUT2D eigenvalue weighted by Crippen LogP contribution is 2.27. The normalized spacial score (nSPS) is 10.9. The first kappa shape index (κ1) is 13.8. The van der Waals surface area contributed by atoms with E-state index in [4.69, 9.17) is 15.2 Å². The summed E-state index contributed by atoms with van der Waals surface area (Å²) >= 11 is 0. The Kier molecular flexibility index (Phi) is 5.29. The maximum absolute atomic E-state index is 5.92. The summed E-state index contributed by atoms with van der Waals surface area (Å²) in [6.45, 7) is 10.2. The molecule has 96 valence electrons. The van der Waals surface area contributed by atoms with Gasteiger partial charge in [-0.3, -0.25) is 0 Å². The highest BCUT2D eigenvalue weighted by molar-refractivity contribution is 5.58. The van der Waals surface area contributed by atoms with Crippen LogP contribution < -0.4 is 10.5 Å². The monoisotopic (exact) mass is 237 g/mol. The topological polar surface area (TPSA) is 44.5 Å². The molecule has 1 rings (SSSR count). The molecule has 0 amide bonds. The van der Waals surface area contributed by atoms with E-state index in [0.29, 0.717) is 24.8 Å². The summed E-state index contributed by atoms with van der Waals surface area (Å²) in [5, 5.41) is 0. The van der Waals surface area contributed by atoms with Crippen molar-refractivity contribution in [2.45, 2.75) is 27.7 Å². The van der Waals surface area contributed by atoms with Crippen LogP contribution in [0.2, 0.25) is 0 Å². The minimum atomic E-state index is 0.542. The molecule has 0 aliphatic carbocycles. The lowest BCUT2D eigenvalue weighted by molar-refractivity contribution is 0.0819. The molecule has 0 saturated heterocycles. The number of hydrogen-bond donors (Lipinski definition) is 1. The van der Waals surface area contributed by atoms with Crippen molar-refractivity contribution in [3.8, 4) is 5.75 Å². The summed E-state index contributed by atoms with van der Waals surface area (Å²) in [7, 11) is 0. The predicted molar refractivity (Wildman–Crippen MR) is 71.5 cm³/mol. The minimum absolute atomic E-state index is 0.542. The average Bonchev–Trinajstić information content (AvgIpc) is 2.20. The van der Waals surface area contributed by atoms with Crippen LogP contribution in [0.1, 0.15) is 25.0 Å². The molecule has 0 fully saturated rings. The van der Waals surface area contributed by atoms with E-state index in [0.717, 1.165) is 23.5 Å². The van der Waals surface area contributed by atoms with E-state index in [9.17, 15) is 0 Å². The van der Waals surface area contributed by atoms with Gasteiger partial charge >= 0.3 is 0 Å². The van der Waals surface area contributed by atoms with Gasteiger partial charge < -0.3 is 15.2 Å². The molecule has 0 heterocycles. The fourth-order valence-corrected chi connectivity index (χ4v) is 1.71. The molecule has 0 aliphatic rings. The lowest BCUT2D eigenvalue weighted by atomic mass is 10.1. The Labute approximate surface area is 104 Å². The first-order valence-corrected chi connectivity index (χ1v) is 6.08. The molecule has 1 aromatic rings. The van der Waals surface area contributed by atoms with Gasteiger partial charge in [0.2, 0.25) is 0 Å². The van der Waals surface area contributed by atoms with Gasteiger partial charge in [-0.1, -0.05) is 19.9 Å². The van der Waals surface area contributed by atoms with Crippen LogP contribution in [0, 0.1) is 19.8 Å². The number of nitrogens with two attached hydrogens (primary N) is 1. The zero-order chi connectivity index (χ0) is 12.8. The molecular formula is C14H23NO2. The smallest absolute Gasteiger partial charge is 0.145 e. The molecule has 0 spiro atoms. The van der Waals surface area contributed by atoms with Crippen molar-refractivity contribution in [3.63, 3.8) is 0 Å². The lowest BCUT2D eigenvalue weighted by Crippen LogP contribution is -2.11. The second-order valence-electron chi connectivity index (χ2n) is 4.82. The van der Waals surface area contributed by atoms with Crippen molar-refractivity contribution >= 4 is 5.69 Å². The summed E-state index contributed by atoms with van der Waals surface area (Å²) in [5.41, 5.74) is 8.85. The SMILES string of the molecule is Cc1cc(C)c(OCCOCC(C)C)c(N)c1. The van der Waals surface area contributed by atoms with Crippen LogP contribution >= 0.6 is 0 Å². The first-order valence-electron chi connectivity index (χ1n) is 6.08. The Morgan fingerprint density at radius 1 is 1.18 bits per heavy atom. The number of anilines is 1. The molecule has 3 nitrogen and oxygen atoms in total. The van der Waals surface area contributed by atoms with Gasteiger partial charge in [-0.2, -0.15) is 0 Å². The van der Waals surface area contributed by atoms with Gasteiger partial charge in [0.15, 0.2) is 0 Å². The second kappa shape index (κ2) is 6.50. The van der Waals surface area contributed by atoms with Crippen LogP contribution in [0.4, 0.5) is 5.69 Å². The quantitative estimate of drug-likeness (QED) is 0.611. The van der Waals surface area contributed by atoms with Crippen LogP contribution in [0.3, 0.4) is 0 Å². The van der Waals surface area contributed by atoms with Gasteiger partial charge in [0.05, 0.1) is 12.3 Å². The van der Waals surface area contributed by atoms with Crippen molar-refractivity contribution < 1.29 is 9.47 Å². The molecule has 0 aliphatic heterocycles. The van der Waals surface area contributed by atoms with Crippen molar-refractivity contribution in [1.82, 2.24) is 0 Å². The molecule has 0 bridgehead atoms. The van der Waals surface area contributed by atoms with Gasteiger partial charge in [0, 0.05) is 6.61 Å². The molecular weight excluding hydrogens is 214 g/mol. The van der Waals surface area contributed by atoms with E-state index >= 15 is 0 Å². The van der Waals surface area contributed by atoms with Crippen molar-refractivity contribution in [2.24, 2.45) is 5.92 Å². The van der Waals surface area contributed by atoms with E-state index < -0.39 is 0 Å². The molecule has 3 heteroatoms. The number of nitrogen functional groups attached to an aromatic ring is 1. The Balaban J connectivity index is 2.42. The third-order valence-corrected chi connectivity index (χ3v) is 2.37.